The largest absolute Gasteiger partial charge is 0.416 e. The lowest BCUT2D eigenvalue weighted by Crippen LogP contribution is -2.06. The second kappa shape index (κ2) is 14.3. The molecular weight excluding hydrogens is 859 g/mol. The maximum atomic E-state index is 14.9. The molecule has 0 radical (unpaired) electrons. The van der Waals surface area contributed by atoms with E-state index >= 15 is 0 Å². The van der Waals surface area contributed by atoms with Crippen LogP contribution in [0.1, 0.15) is 22.3 Å². The first-order valence-corrected chi connectivity index (χ1v) is 22.6. The number of fused-ring (bicyclic) bond motifs is 5. The summed E-state index contributed by atoms with van der Waals surface area (Å²) in [5.74, 6) is 0. The monoisotopic (exact) mass is 894 g/mol. The van der Waals surface area contributed by atoms with E-state index in [1.54, 1.807) is 26.0 Å². The highest BCUT2D eigenvalue weighted by atomic mass is 19.4. The third-order valence-electron chi connectivity index (χ3n) is 14.1. The van der Waals surface area contributed by atoms with Gasteiger partial charge in [0.15, 0.2) is 0 Å². The van der Waals surface area contributed by atoms with Gasteiger partial charge in [0.25, 0.3) is 0 Å². The van der Waals surface area contributed by atoms with E-state index in [-0.39, 0.29) is 0 Å². The zero-order chi connectivity index (χ0) is 46.4. The van der Waals surface area contributed by atoms with Crippen LogP contribution in [0.2, 0.25) is 0 Å². The van der Waals surface area contributed by atoms with E-state index in [9.17, 15) is 26.3 Å². The molecule has 0 atom stereocenters. The van der Waals surface area contributed by atoms with E-state index < -0.39 is 23.5 Å². The van der Waals surface area contributed by atoms with Crippen molar-refractivity contribution < 1.29 is 26.3 Å². The first-order chi connectivity index (χ1) is 32.8. The van der Waals surface area contributed by atoms with Crippen LogP contribution in [-0.4, -0.2) is 0 Å². The minimum absolute atomic E-state index is 0.382. The first-order valence-electron chi connectivity index (χ1n) is 22.6. The van der Waals surface area contributed by atoms with Crippen molar-refractivity contribution in [1.82, 2.24) is 0 Å². The lowest BCUT2D eigenvalue weighted by molar-refractivity contribution is -0.138. The zero-order valence-electron chi connectivity index (χ0n) is 36.6. The summed E-state index contributed by atoms with van der Waals surface area (Å²) in [6.07, 6.45) is -9.26. The van der Waals surface area contributed by atoms with Crippen LogP contribution < -0.4 is 0 Å². The van der Waals surface area contributed by atoms with Crippen molar-refractivity contribution in [1.29, 1.82) is 0 Å². The molecule has 0 aromatic heterocycles. The zero-order valence-corrected chi connectivity index (χ0v) is 36.6. The van der Waals surface area contributed by atoms with Gasteiger partial charge in [0.2, 0.25) is 0 Å². The highest BCUT2D eigenvalue weighted by Crippen LogP contribution is 2.48. The van der Waals surface area contributed by atoms with E-state index in [0.29, 0.717) is 54.6 Å². The summed E-state index contributed by atoms with van der Waals surface area (Å²) < 4.78 is 89.2. The highest BCUT2D eigenvalue weighted by Gasteiger charge is 2.34. The molecule has 0 bridgehead atoms. The molecule has 0 saturated carbocycles. The standard InChI is InChI=1S/C62H36F6/c1-33-25-39(29-41(27-33)61(63,64)65)53-49-31-37-17-9-10-18-38(37)32-50(49)54(40-26-34(2)28-42(30-40)62(66,67)68)60-48-24-22-46-55-45(21-23-47(56(48)55)59(53)60)57-51(35-13-5-3-6-14-35)43-19-11-12-20-44(43)52(58(46)57)36-15-7-4-8-16-36/h3-32H,1-2H3. The predicted octanol–water partition coefficient (Wildman–Crippen LogP) is 17.4. The Hall–Kier alpha value is -7.96. The molecule has 13 rings (SSSR count). The first kappa shape index (κ1) is 40.3. The number of alkyl halides is 6. The number of hydrogen-bond acceptors (Lipinski definition) is 0. The van der Waals surface area contributed by atoms with Crippen LogP contribution >= 0.6 is 0 Å². The summed E-state index contributed by atoms with van der Waals surface area (Å²) in [4.78, 5) is 0. The van der Waals surface area contributed by atoms with E-state index in [0.717, 1.165) is 98.0 Å². The summed E-state index contributed by atoms with van der Waals surface area (Å²) in [5.41, 5.74) is 5.62. The van der Waals surface area contributed by atoms with Crippen LogP contribution in [0.5, 0.6) is 0 Å². The van der Waals surface area contributed by atoms with Gasteiger partial charge in [-0.25, -0.2) is 0 Å². The Balaban J connectivity index is 1.36. The Morgan fingerprint density at radius 1 is 0.294 bits per heavy atom. The molecule has 6 heteroatoms. The predicted molar refractivity (Wildman–Crippen MR) is 261 cm³/mol. The molecule has 68 heavy (non-hydrogen) atoms. The Morgan fingerprint density at radius 2 is 0.618 bits per heavy atom. The minimum atomic E-state index is -4.63. The molecule has 2 aliphatic carbocycles. The van der Waals surface area contributed by atoms with Gasteiger partial charge in [-0.2, -0.15) is 26.3 Å². The average molecular weight is 895 g/mol. The number of benzene rings is 11. The van der Waals surface area contributed by atoms with Gasteiger partial charge < -0.3 is 0 Å². The number of rotatable bonds is 4. The van der Waals surface area contributed by atoms with Crippen molar-refractivity contribution in [2.45, 2.75) is 26.2 Å². The van der Waals surface area contributed by atoms with Crippen LogP contribution in [0.4, 0.5) is 26.3 Å². The van der Waals surface area contributed by atoms with Gasteiger partial charge in [0.1, 0.15) is 0 Å². The minimum Gasteiger partial charge on any atom is -0.166 e. The molecule has 0 amide bonds. The highest BCUT2D eigenvalue weighted by molar-refractivity contribution is 6.13. The number of halogens is 6. The molecule has 0 saturated heterocycles. The third kappa shape index (κ3) is 5.83. The smallest absolute Gasteiger partial charge is 0.166 e. The van der Waals surface area contributed by atoms with Crippen molar-refractivity contribution in [3.05, 3.63) is 246 Å². The number of hydrogen-bond donors (Lipinski definition) is 0. The maximum absolute atomic E-state index is 14.9. The topological polar surface area (TPSA) is 0 Å². The fourth-order valence-corrected chi connectivity index (χ4v) is 11.6. The summed E-state index contributed by atoms with van der Waals surface area (Å²) in [6.45, 7) is 3.34. The van der Waals surface area contributed by atoms with Gasteiger partial charge in [0, 0.05) is 0 Å². The van der Waals surface area contributed by atoms with Crippen molar-refractivity contribution in [3.8, 4) is 44.5 Å². The summed E-state index contributed by atoms with van der Waals surface area (Å²) in [7, 11) is 0. The van der Waals surface area contributed by atoms with E-state index in [4.69, 9.17) is 0 Å². The molecule has 0 heterocycles. The summed E-state index contributed by atoms with van der Waals surface area (Å²) in [6, 6.07) is 57.9. The summed E-state index contributed by atoms with van der Waals surface area (Å²) in [5, 5.41) is 14.4. The van der Waals surface area contributed by atoms with Crippen LogP contribution in [0.25, 0.3) is 87.6 Å². The average Bonchev–Trinajstić information content (AvgIpc) is 3.83. The molecule has 0 aliphatic heterocycles. The molecule has 0 nitrogen and oxygen atoms in total. The van der Waals surface area contributed by atoms with Gasteiger partial charge in [-0.1, -0.05) is 146 Å². The van der Waals surface area contributed by atoms with Gasteiger partial charge in [-0.15, -0.1) is 0 Å². The second-order valence-corrected chi connectivity index (χ2v) is 18.3. The number of aryl methyl sites for hydroxylation is 2. The second-order valence-electron chi connectivity index (χ2n) is 18.3. The Kier molecular flexibility index (Phi) is 8.46. The Bertz CT molecular complexity index is 4180. The quantitative estimate of drug-likeness (QED) is 0.122. The Labute approximate surface area is 384 Å². The molecule has 0 unspecified atom stereocenters. The normalized spacial score (nSPS) is 12.7. The molecule has 326 valence electrons. The van der Waals surface area contributed by atoms with Crippen molar-refractivity contribution >= 4 is 43.1 Å². The van der Waals surface area contributed by atoms with Gasteiger partial charge >= 0.3 is 12.4 Å². The fraction of sp³-hybridized carbons (Fsp3) is 0.0645. The fourth-order valence-electron chi connectivity index (χ4n) is 11.6. The van der Waals surface area contributed by atoms with Crippen LogP contribution in [0.15, 0.2) is 182 Å². The van der Waals surface area contributed by atoms with E-state index in [1.807, 2.05) is 72.8 Å². The van der Waals surface area contributed by atoms with Crippen molar-refractivity contribution in [2.24, 2.45) is 0 Å². The third-order valence-corrected chi connectivity index (χ3v) is 14.1. The van der Waals surface area contributed by atoms with Crippen LogP contribution in [0.3, 0.4) is 0 Å². The molecule has 11 aromatic carbocycles. The van der Waals surface area contributed by atoms with E-state index in [2.05, 4.69) is 72.8 Å². The van der Waals surface area contributed by atoms with Crippen molar-refractivity contribution in [2.75, 3.05) is 0 Å². The SMILES string of the molecule is Cc1cc(-c2c3c(c(-c4cc(C)cc(C(F)(F)F)c4)c4cc5ccccc5cc24)=c2ccc4c5c(ccc=3c25)=c2c(-c3ccccc3)c3ccccc3c(-c3ccccc3)c2=4)cc(C(F)(F)F)c1. The lowest BCUT2D eigenvalue weighted by atomic mass is 9.85. The summed E-state index contributed by atoms with van der Waals surface area (Å²) >= 11 is 0. The van der Waals surface area contributed by atoms with Gasteiger partial charge in [-0.05, 0) is 191 Å². The lowest BCUT2D eigenvalue weighted by Gasteiger charge is -2.19. The Morgan fingerprint density at radius 3 is 0.971 bits per heavy atom. The van der Waals surface area contributed by atoms with Crippen LogP contribution in [-0.2, 0) is 12.4 Å². The molecule has 0 N–H and O–H groups in total. The maximum Gasteiger partial charge on any atom is 0.416 e. The van der Waals surface area contributed by atoms with Gasteiger partial charge in [-0.3, -0.25) is 0 Å². The van der Waals surface area contributed by atoms with E-state index in [1.165, 1.54) is 12.1 Å². The molecular formula is C62H36F6. The van der Waals surface area contributed by atoms with Crippen molar-refractivity contribution in [3.63, 3.8) is 0 Å². The molecule has 0 spiro atoms. The van der Waals surface area contributed by atoms with Gasteiger partial charge in [0.05, 0.1) is 11.1 Å². The molecule has 11 aromatic rings. The molecule has 2 aliphatic rings. The molecule has 0 fully saturated rings. The van der Waals surface area contributed by atoms with Crippen LogP contribution in [0, 0.1) is 55.6 Å².